The first kappa shape index (κ1) is 11.8. The van der Waals surface area contributed by atoms with Gasteiger partial charge in [0.25, 0.3) is 0 Å². The fraction of sp³-hybridized carbons (Fsp3) is 0.900. The fourth-order valence-electron chi connectivity index (χ4n) is 1.20. The maximum atomic E-state index is 11.6. The number of hydrogen-bond acceptors (Lipinski definition) is 3. The molecule has 0 spiro atoms. The second-order valence-electron chi connectivity index (χ2n) is 4.80. The van der Waals surface area contributed by atoms with Crippen LogP contribution < -0.4 is 4.72 Å². The van der Waals surface area contributed by atoms with Crippen molar-refractivity contribution in [1.29, 1.82) is 5.26 Å². The highest BCUT2D eigenvalue weighted by atomic mass is 32.2. The van der Waals surface area contributed by atoms with E-state index in [1.54, 1.807) is 0 Å². The SMILES string of the molecule is CC(C)(C)[S+]([O-])NCC(C#N)C1CC1. The zero-order valence-corrected chi connectivity index (χ0v) is 9.86. The molecule has 1 aliphatic rings. The van der Waals surface area contributed by atoms with E-state index in [0.29, 0.717) is 12.5 Å². The molecule has 14 heavy (non-hydrogen) atoms. The van der Waals surface area contributed by atoms with Crippen molar-refractivity contribution in [3.8, 4) is 6.07 Å². The molecule has 0 saturated heterocycles. The van der Waals surface area contributed by atoms with Crippen LogP contribution in [0.2, 0.25) is 0 Å². The summed E-state index contributed by atoms with van der Waals surface area (Å²) in [6.45, 7) is 6.34. The lowest BCUT2D eigenvalue weighted by Gasteiger charge is -2.24. The average molecular weight is 214 g/mol. The van der Waals surface area contributed by atoms with E-state index in [-0.39, 0.29) is 10.7 Å². The van der Waals surface area contributed by atoms with Gasteiger partial charge < -0.3 is 4.55 Å². The summed E-state index contributed by atoms with van der Waals surface area (Å²) in [5.41, 5.74) is 0. The molecular weight excluding hydrogens is 196 g/mol. The Hall–Kier alpha value is -0.240. The first-order valence-corrected chi connectivity index (χ1v) is 6.15. The summed E-state index contributed by atoms with van der Waals surface area (Å²) in [5, 5.41) is 8.86. The Balaban J connectivity index is 2.28. The van der Waals surface area contributed by atoms with Crippen molar-refractivity contribution in [2.45, 2.75) is 38.4 Å². The van der Waals surface area contributed by atoms with Gasteiger partial charge in [-0.3, -0.25) is 0 Å². The summed E-state index contributed by atoms with van der Waals surface area (Å²) in [6.07, 6.45) is 2.31. The van der Waals surface area contributed by atoms with Crippen LogP contribution in [0.5, 0.6) is 0 Å². The van der Waals surface area contributed by atoms with Crippen LogP contribution in [0, 0.1) is 23.2 Å². The maximum Gasteiger partial charge on any atom is 0.136 e. The average Bonchev–Trinajstić information content (AvgIpc) is 2.87. The Morgan fingerprint density at radius 2 is 2.14 bits per heavy atom. The third-order valence-corrected chi connectivity index (χ3v) is 3.89. The molecule has 1 N–H and O–H groups in total. The minimum absolute atomic E-state index is 0.0429. The van der Waals surface area contributed by atoms with Crippen LogP contribution in [0.15, 0.2) is 0 Å². The van der Waals surface area contributed by atoms with E-state index in [4.69, 9.17) is 5.26 Å². The van der Waals surface area contributed by atoms with Crippen molar-refractivity contribution >= 4 is 11.4 Å². The second kappa shape index (κ2) is 4.52. The fourth-order valence-corrected chi connectivity index (χ4v) is 1.96. The van der Waals surface area contributed by atoms with E-state index in [0.717, 1.165) is 12.8 Å². The minimum atomic E-state index is -1.05. The predicted molar refractivity (Wildman–Crippen MR) is 57.7 cm³/mol. The van der Waals surface area contributed by atoms with Gasteiger partial charge in [-0.05, 0) is 39.5 Å². The van der Waals surface area contributed by atoms with Gasteiger partial charge in [-0.2, -0.15) is 5.26 Å². The quantitative estimate of drug-likeness (QED) is 0.723. The molecule has 0 amide bonds. The standard InChI is InChI=1S/C10H18N2OS/c1-10(2,3)14(13)12-7-9(6-11)8-4-5-8/h8-9,12H,4-5,7H2,1-3H3. The lowest BCUT2D eigenvalue weighted by atomic mass is 10.1. The van der Waals surface area contributed by atoms with Crippen LogP contribution >= 0.6 is 0 Å². The molecule has 1 aliphatic carbocycles. The molecule has 2 unspecified atom stereocenters. The van der Waals surface area contributed by atoms with Crippen LogP contribution in [-0.2, 0) is 11.4 Å². The molecule has 1 saturated carbocycles. The third-order valence-electron chi connectivity index (χ3n) is 2.35. The van der Waals surface area contributed by atoms with Crippen LogP contribution in [0.3, 0.4) is 0 Å². The van der Waals surface area contributed by atoms with E-state index in [9.17, 15) is 4.55 Å². The van der Waals surface area contributed by atoms with Gasteiger partial charge in [-0.25, -0.2) is 0 Å². The molecule has 2 atom stereocenters. The molecule has 4 heteroatoms. The van der Waals surface area contributed by atoms with Crippen LogP contribution in [0.25, 0.3) is 0 Å². The number of nitriles is 1. The smallest absolute Gasteiger partial charge is 0.136 e. The number of rotatable bonds is 4. The summed E-state index contributed by atoms with van der Waals surface area (Å²) in [5.74, 6) is 0.589. The highest BCUT2D eigenvalue weighted by Crippen LogP contribution is 2.36. The molecular formula is C10H18N2OS. The van der Waals surface area contributed by atoms with E-state index < -0.39 is 11.4 Å². The van der Waals surface area contributed by atoms with Crippen molar-refractivity contribution in [1.82, 2.24) is 4.72 Å². The number of hydrogen-bond donors (Lipinski definition) is 1. The normalized spacial score (nSPS) is 21.4. The van der Waals surface area contributed by atoms with Gasteiger partial charge in [0.05, 0.1) is 18.5 Å². The summed E-state index contributed by atoms with van der Waals surface area (Å²) < 4.78 is 14.3. The molecule has 1 fully saturated rings. The van der Waals surface area contributed by atoms with Gasteiger partial charge in [0.15, 0.2) is 0 Å². The van der Waals surface area contributed by atoms with Crippen molar-refractivity contribution in [3.63, 3.8) is 0 Å². The van der Waals surface area contributed by atoms with Crippen LogP contribution in [0.1, 0.15) is 33.6 Å². The number of nitrogens with one attached hydrogen (secondary N) is 1. The van der Waals surface area contributed by atoms with Gasteiger partial charge in [0.2, 0.25) is 0 Å². The van der Waals surface area contributed by atoms with Gasteiger partial charge in [0, 0.05) is 11.4 Å². The highest BCUT2D eigenvalue weighted by molar-refractivity contribution is 7.90. The first-order valence-electron chi connectivity index (χ1n) is 5.00. The Kier molecular flexibility index (Phi) is 3.82. The number of nitrogens with zero attached hydrogens (tertiary/aromatic N) is 1. The van der Waals surface area contributed by atoms with E-state index in [1.807, 2.05) is 20.8 Å². The van der Waals surface area contributed by atoms with Crippen molar-refractivity contribution in [2.24, 2.45) is 11.8 Å². The van der Waals surface area contributed by atoms with Crippen molar-refractivity contribution in [3.05, 3.63) is 0 Å². The summed E-state index contributed by atoms with van der Waals surface area (Å²) in [7, 11) is 0. The van der Waals surface area contributed by atoms with Gasteiger partial charge in [0.1, 0.15) is 4.75 Å². The molecule has 0 bridgehead atoms. The monoisotopic (exact) mass is 214 g/mol. The molecule has 0 aromatic rings. The van der Waals surface area contributed by atoms with Crippen LogP contribution in [-0.4, -0.2) is 15.8 Å². The van der Waals surface area contributed by atoms with E-state index >= 15 is 0 Å². The van der Waals surface area contributed by atoms with Crippen molar-refractivity contribution in [2.75, 3.05) is 6.54 Å². The highest BCUT2D eigenvalue weighted by Gasteiger charge is 2.33. The Morgan fingerprint density at radius 3 is 2.50 bits per heavy atom. The predicted octanol–water partition coefficient (Wildman–Crippen LogP) is 1.59. The van der Waals surface area contributed by atoms with Crippen LogP contribution in [0.4, 0.5) is 0 Å². The summed E-state index contributed by atoms with van der Waals surface area (Å²) >= 11 is -1.05. The summed E-state index contributed by atoms with van der Waals surface area (Å²) in [4.78, 5) is 0. The molecule has 3 nitrogen and oxygen atoms in total. The molecule has 0 heterocycles. The first-order chi connectivity index (χ1) is 6.45. The lowest BCUT2D eigenvalue weighted by molar-refractivity contribution is 0.517. The van der Waals surface area contributed by atoms with Gasteiger partial charge in [-0.1, -0.05) is 0 Å². The molecule has 0 aromatic heterocycles. The Bertz CT molecular complexity index is 227. The maximum absolute atomic E-state index is 11.6. The molecule has 1 rings (SSSR count). The van der Waals surface area contributed by atoms with E-state index in [1.165, 1.54) is 0 Å². The summed E-state index contributed by atoms with van der Waals surface area (Å²) in [6, 6.07) is 2.27. The molecule has 80 valence electrons. The second-order valence-corrected chi connectivity index (χ2v) is 6.85. The van der Waals surface area contributed by atoms with E-state index in [2.05, 4.69) is 10.8 Å². The minimum Gasteiger partial charge on any atom is -0.598 e. The Morgan fingerprint density at radius 1 is 1.57 bits per heavy atom. The van der Waals surface area contributed by atoms with Crippen molar-refractivity contribution < 1.29 is 4.55 Å². The topological polar surface area (TPSA) is 58.9 Å². The molecule has 0 aliphatic heterocycles. The zero-order chi connectivity index (χ0) is 10.8. The molecule has 0 aromatic carbocycles. The third kappa shape index (κ3) is 3.49. The van der Waals surface area contributed by atoms with Gasteiger partial charge in [-0.15, -0.1) is 4.72 Å². The lowest BCUT2D eigenvalue weighted by Crippen LogP contribution is -2.41. The van der Waals surface area contributed by atoms with Gasteiger partial charge >= 0.3 is 0 Å². The zero-order valence-electron chi connectivity index (χ0n) is 9.04. The Labute approximate surface area is 89.2 Å². The molecule has 0 radical (unpaired) electrons. The largest absolute Gasteiger partial charge is 0.598 e.